The van der Waals surface area contributed by atoms with E-state index >= 15 is 0 Å². The van der Waals surface area contributed by atoms with Gasteiger partial charge in [-0.25, -0.2) is 0 Å². The third-order valence-electron chi connectivity index (χ3n) is 2.91. The molecule has 1 aromatic carbocycles. The topological polar surface area (TPSA) is 47.5 Å². The van der Waals surface area contributed by atoms with Crippen LogP contribution in [0.5, 0.6) is 0 Å². The first-order valence-electron chi connectivity index (χ1n) is 6.15. The van der Waals surface area contributed by atoms with Crippen LogP contribution in [-0.2, 0) is 6.54 Å². The molecule has 4 nitrogen and oxygen atoms in total. The minimum Gasteiger partial charge on any atom is -0.459 e. The lowest BCUT2D eigenvalue weighted by atomic mass is 10.3. The molecular weight excluding hydrogens is 343 g/mol. The van der Waals surface area contributed by atoms with Crippen LogP contribution in [0.25, 0.3) is 10.2 Å². The zero-order valence-electron chi connectivity index (χ0n) is 11.0. The first kappa shape index (κ1) is 14.9. The number of amides is 1. The van der Waals surface area contributed by atoms with Gasteiger partial charge in [-0.05, 0) is 24.3 Å². The Labute approximate surface area is 139 Å². The van der Waals surface area contributed by atoms with Crippen LogP contribution in [0.1, 0.15) is 10.6 Å². The molecular formula is C15H8Cl2N2O2S. The highest BCUT2D eigenvalue weighted by Crippen LogP contribution is 2.32. The Morgan fingerprint density at radius 3 is 2.91 bits per heavy atom. The summed E-state index contributed by atoms with van der Waals surface area (Å²) in [6.45, 7) is 0.227. The van der Waals surface area contributed by atoms with Crippen molar-refractivity contribution in [2.45, 2.75) is 6.54 Å². The van der Waals surface area contributed by atoms with E-state index in [2.05, 4.69) is 10.9 Å². The van der Waals surface area contributed by atoms with Crippen LogP contribution >= 0.6 is 34.5 Å². The van der Waals surface area contributed by atoms with Crippen molar-refractivity contribution < 1.29 is 9.21 Å². The van der Waals surface area contributed by atoms with Crippen molar-refractivity contribution in [2.75, 3.05) is 0 Å². The van der Waals surface area contributed by atoms with E-state index in [4.69, 9.17) is 34.0 Å². The Balaban J connectivity index is 2.26. The molecule has 0 aliphatic rings. The Hall–Kier alpha value is -2.00. The number of rotatable bonds is 2. The van der Waals surface area contributed by atoms with Crippen LogP contribution in [0.15, 0.2) is 39.9 Å². The Morgan fingerprint density at radius 1 is 1.41 bits per heavy atom. The number of furan rings is 1. The van der Waals surface area contributed by atoms with E-state index in [1.807, 2.05) is 6.07 Å². The summed E-state index contributed by atoms with van der Waals surface area (Å²) in [7, 11) is 0. The molecule has 0 fully saturated rings. The van der Waals surface area contributed by atoms with Crippen molar-refractivity contribution >= 4 is 50.7 Å². The van der Waals surface area contributed by atoms with Gasteiger partial charge in [0.15, 0.2) is 10.6 Å². The number of terminal acetylenes is 1. The maximum atomic E-state index is 12.1. The summed E-state index contributed by atoms with van der Waals surface area (Å²) in [6, 6.07) is 6.69. The average Bonchev–Trinajstić information content (AvgIpc) is 3.13. The van der Waals surface area contributed by atoms with Gasteiger partial charge in [0, 0.05) is 0 Å². The zero-order valence-corrected chi connectivity index (χ0v) is 13.4. The van der Waals surface area contributed by atoms with E-state index in [9.17, 15) is 4.79 Å². The van der Waals surface area contributed by atoms with Crippen molar-refractivity contribution in [3.8, 4) is 12.3 Å². The number of thiazole rings is 1. The fourth-order valence-corrected chi connectivity index (χ4v) is 3.48. The molecule has 3 aromatic rings. The standard InChI is InChI=1S/C15H8Cl2N2O2S/c1-2-7-19-13-11(6-5-9(16)12(13)17)22-15(19)18-14(20)10-4-3-8-21-10/h1,3-6,8H,7H2. The van der Waals surface area contributed by atoms with Gasteiger partial charge in [-0.2, -0.15) is 4.99 Å². The highest BCUT2D eigenvalue weighted by atomic mass is 35.5. The quantitative estimate of drug-likeness (QED) is 0.656. The summed E-state index contributed by atoms with van der Waals surface area (Å²) in [6.07, 6.45) is 6.82. The third kappa shape index (κ3) is 2.57. The lowest BCUT2D eigenvalue weighted by molar-refractivity contribution is 0.0971. The van der Waals surface area contributed by atoms with E-state index in [0.29, 0.717) is 20.4 Å². The molecule has 0 unspecified atom stereocenters. The van der Waals surface area contributed by atoms with Gasteiger partial charge in [-0.3, -0.25) is 4.79 Å². The van der Waals surface area contributed by atoms with Gasteiger partial charge in [0.05, 0.1) is 33.1 Å². The summed E-state index contributed by atoms with van der Waals surface area (Å²) in [5, 5.41) is 0.805. The Bertz CT molecular complexity index is 962. The SMILES string of the molecule is C#CCn1c(=NC(=O)c2ccco2)sc2ccc(Cl)c(Cl)c21. The van der Waals surface area contributed by atoms with Crippen LogP contribution < -0.4 is 4.80 Å². The number of carbonyl (C=O) groups excluding carboxylic acids is 1. The first-order valence-corrected chi connectivity index (χ1v) is 7.72. The van der Waals surface area contributed by atoms with Gasteiger partial charge in [0.1, 0.15) is 0 Å². The zero-order chi connectivity index (χ0) is 15.7. The highest BCUT2D eigenvalue weighted by molar-refractivity contribution is 7.16. The molecule has 0 saturated carbocycles. The van der Waals surface area contributed by atoms with Gasteiger partial charge >= 0.3 is 5.91 Å². The van der Waals surface area contributed by atoms with E-state index in [1.165, 1.54) is 17.6 Å². The minimum absolute atomic E-state index is 0.161. The second kappa shape index (κ2) is 6.01. The second-order valence-corrected chi connectivity index (χ2v) is 6.07. The summed E-state index contributed by atoms with van der Waals surface area (Å²) in [4.78, 5) is 16.6. The minimum atomic E-state index is -0.482. The van der Waals surface area contributed by atoms with Crippen molar-refractivity contribution in [3.63, 3.8) is 0 Å². The monoisotopic (exact) mass is 350 g/mol. The van der Waals surface area contributed by atoms with E-state index in [0.717, 1.165) is 4.70 Å². The first-order chi connectivity index (χ1) is 10.6. The van der Waals surface area contributed by atoms with E-state index in [1.54, 1.807) is 22.8 Å². The number of carbonyl (C=O) groups is 1. The summed E-state index contributed by atoms with van der Waals surface area (Å²) in [5.41, 5.74) is 0.670. The molecule has 110 valence electrons. The van der Waals surface area contributed by atoms with Gasteiger partial charge in [-0.1, -0.05) is 40.5 Å². The van der Waals surface area contributed by atoms with Crippen LogP contribution in [0.2, 0.25) is 10.0 Å². The molecule has 3 rings (SSSR count). The Kier molecular flexibility index (Phi) is 4.08. The second-order valence-electron chi connectivity index (χ2n) is 4.28. The molecule has 2 aromatic heterocycles. The van der Waals surface area contributed by atoms with E-state index < -0.39 is 5.91 Å². The molecule has 0 saturated heterocycles. The molecule has 7 heteroatoms. The molecule has 0 spiro atoms. The highest BCUT2D eigenvalue weighted by Gasteiger charge is 2.14. The maximum absolute atomic E-state index is 12.1. The largest absolute Gasteiger partial charge is 0.459 e. The molecule has 2 heterocycles. The molecule has 0 N–H and O–H groups in total. The lowest BCUT2D eigenvalue weighted by Crippen LogP contribution is -2.16. The fourth-order valence-electron chi connectivity index (χ4n) is 1.97. The van der Waals surface area contributed by atoms with Gasteiger partial charge < -0.3 is 8.98 Å². The van der Waals surface area contributed by atoms with Crippen molar-refractivity contribution in [3.05, 3.63) is 51.1 Å². The van der Waals surface area contributed by atoms with Gasteiger partial charge in [0.25, 0.3) is 0 Å². The Morgan fingerprint density at radius 2 is 2.23 bits per heavy atom. The number of halogens is 2. The molecule has 0 aliphatic heterocycles. The van der Waals surface area contributed by atoms with Crippen molar-refractivity contribution in [2.24, 2.45) is 4.99 Å². The van der Waals surface area contributed by atoms with Crippen LogP contribution in [-0.4, -0.2) is 10.5 Å². The molecule has 22 heavy (non-hydrogen) atoms. The van der Waals surface area contributed by atoms with Gasteiger partial charge in [-0.15, -0.1) is 6.42 Å². The molecule has 0 atom stereocenters. The van der Waals surface area contributed by atoms with Crippen molar-refractivity contribution in [1.82, 2.24) is 4.57 Å². The molecule has 1 amide bonds. The fraction of sp³-hybridized carbons (Fsp3) is 0.0667. The summed E-state index contributed by atoms with van der Waals surface area (Å²) >= 11 is 13.6. The van der Waals surface area contributed by atoms with Crippen molar-refractivity contribution in [1.29, 1.82) is 0 Å². The summed E-state index contributed by atoms with van der Waals surface area (Å²) in [5.74, 6) is 2.21. The number of fused-ring (bicyclic) bond motifs is 1. The molecule has 0 bridgehead atoms. The average molecular weight is 351 g/mol. The third-order valence-corrected chi connectivity index (χ3v) is 4.75. The van der Waals surface area contributed by atoms with Gasteiger partial charge in [0.2, 0.25) is 0 Å². The smallest absolute Gasteiger partial charge is 0.315 e. The van der Waals surface area contributed by atoms with Crippen LogP contribution in [0, 0.1) is 12.3 Å². The predicted octanol–water partition coefficient (Wildman–Crippen LogP) is 3.98. The molecule has 0 aliphatic carbocycles. The van der Waals surface area contributed by atoms with E-state index in [-0.39, 0.29) is 12.3 Å². The number of aromatic nitrogens is 1. The normalized spacial score (nSPS) is 11.8. The summed E-state index contributed by atoms with van der Waals surface area (Å²) < 4.78 is 7.58. The number of hydrogen-bond acceptors (Lipinski definition) is 3. The maximum Gasteiger partial charge on any atom is 0.315 e. The van der Waals surface area contributed by atoms with Crippen LogP contribution in [0.3, 0.4) is 0 Å². The number of nitrogens with zero attached hydrogens (tertiary/aromatic N) is 2. The number of benzene rings is 1. The predicted molar refractivity (Wildman–Crippen MR) is 87.3 cm³/mol. The van der Waals surface area contributed by atoms with Crippen LogP contribution in [0.4, 0.5) is 0 Å². The number of hydrogen-bond donors (Lipinski definition) is 0. The lowest BCUT2D eigenvalue weighted by Gasteiger charge is -2.02. The molecule has 0 radical (unpaired) electrons.